The fraction of sp³-hybridized carbons (Fsp3) is 0.467. The van der Waals surface area contributed by atoms with Gasteiger partial charge in [-0.15, -0.1) is 0 Å². The molecule has 1 rings (SSSR count). The lowest BCUT2D eigenvalue weighted by Crippen LogP contribution is -2.33. The second-order valence-electron chi connectivity index (χ2n) is 4.65. The second-order valence-corrected chi connectivity index (χ2v) is 4.65. The van der Waals surface area contributed by atoms with Crippen LogP contribution in [0.1, 0.15) is 32.6 Å². The van der Waals surface area contributed by atoms with E-state index in [0.29, 0.717) is 25.8 Å². The molecule has 0 aromatic heterocycles. The Morgan fingerprint density at radius 2 is 1.85 bits per heavy atom. The van der Waals surface area contributed by atoms with Gasteiger partial charge in [-0.05, 0) is 31.9 Å². The minimum atomic E-state index is -0.824. The number of carbonyl (C=O) groups excluding carboxylic acids is 1. The van der Waals surface area contributed by atoms with Crippen LogP contribution in [0.25, 0.3) is 0 Å². The molecule has 1 aromatic rings. The van der Waals surface area contributed by atoms with Crippen molar-refractivity contribution in [1.82, 2.24) is 5.32 Å². The summed E-state index contributed by atoms with van der Waals surface area (Å²) in [6, 6.07) is 9.43. The summed E-state index contributed by atoms with van der Waals surface area (Å²) in [6.07, 6.45) is 1.47. The van der Waals surface area contributed by atoms with Crippen LogP contribution in [-0.4, -0.2) is 29.6 Å². The summed E-state index contributed by atoms with van der Waals surface area (Å²) in [5, 5.41) is 11.3. The first-order chi connectivity index (χ1) is 9.58. The van der Waals surface area contributed by atoms with E-state index in [4.69, 9.17) is 9.84 Å². The number of ether oxygens (including phenoxy) is 1. The van der Waals surface area contributed by atoms with Gasteiger partial charge >= 0.3 is 5.97 Å². The SMILES string of the molecule is CC(CNC(=O)CCCCC(=O)O)Oc1ccccc1. The van der Waals surface area contributed by atoms with E-state index in [1.54, 1.807) is 0 Å². The molecule has 20 heavy (non-hydrogen) atoms. The van der Waals surface area contributed by atoms with Crippen molar-refractivity contribution in [3.05, 3.63) is 30.3 Å². The Morgan fingerprint density at radius 1 is 1.20 bits per heavy atom. The summed E-state index contributed by atoms with van der Waals surface area (Å²) in [5.41, 5.74) is 0. The van der Waals surface area contributed by atoms with Gasteiger partial charge in [0.25, 0.3) is 0 Å². The number of nitrogens with one attached hydrogen (secondary N) is 1. The Labute approximate surface area is 118 Å². The summed E-state index contributed by atoms with van der Waals surface area (Å²) in [5.74, 6) is -0.120. The first-order valence-corrected chi connectivity index (χ1v) is 6.78. The number of carboxylic acids is 1. The first-order valence-electron chi connectivity index (χ1n) is 6.78. The van der Waals surface area contributed by atoms with Gasteiger partial charge in [-0.2, -0.15) is 0 Å². The van der Waals surface area contributed by atoms with Gasteiger partial charge in [0.15, 0.2) is 0 Å². The Bertz CT molecular complexity index is 419. The number of hydrogen-bond acceptors (Lipinski definition) is 3. The fourth-order valence-electron chi connectivity index (χ4n) is 1.68. The van der Waals surface area contributed by atoms with Gasteiger partial charge in [0, 0.05) is 12.8 Å². The van der Waals surface area contributed by atoms with Crippen LogP contribution in [0.2, 0.25) is 0 Å². The predicted octanol–water partition coefficient (Wildman–Crippen LogP) is 2.22. The van der Waals surface area contributed by atoms with E-state index in [-0.39, 0.29) is 18.4 Å². The fourth-order valence-corrected chi connectivity index (χ4v) is 1.68. The highest BCUT2D eigenvalue weighted by molar-refractivity contribution is 5.75. The van der Waals surface area contributed by atoms with Gasteiger partial charge in [-0.25, -0.2) is 0 Å². The quantitative estimate of drug-likeness (QED) is 0.680. The van der Waals surface area contributed by atoms with Crippen molar-refractivity contribution in [1.29, 1.82) is 0 Å². The van der Waals surface area contributed by atoms with E-state index >= 15 is 0 Å². The van der Waals surface area contributed by atoms with Crippen LogP contribution in [0.5, 0.6) is 5.75 Å². The normalized spacial score (nSPS) is 11.7. The molecular weight excluding hydrogens is 258 g/mol. The van der Waals surface area contributed by atoms with Crippen LogP contribution < -0.4 is 10.1 Å². The molecule has 1 atom stereocenters. The number of unbranched alkanes of at least 4 members (excludes halogenated alkanes) is 1. The van der Waals surface area contributed by atoms with Crippen LogP contribution in [0.3, 0.4) is 0 Å². The zero-order chi connectivity index (χ0) is 14.8. The number of benzene rings is 1. The maximum absolute atomic E-state index is 11.5. The molecule has 0 aliphatic rings. The Morgan fingerprint density at radius 3 is 2.50 bits per heavy atom. The molecule has 0 aliphatic heterocycles. The molecule has 0 heterocycles. The second kappa shape index (κ2) is 8.96. The van der Waals surface area contributed by atoms with Crippen molar-refractivity contribution in [2.75, 3.05) is 6.54 Å². The molecule has 110 valence electrons. The summed E-state index contributed by atoms with van der Waals surface area (Å²) < 4.78 is 5.63. The number of amides is 1. The van der Waals surface area contributed by atoms with Gasteiger partial charge in [-0.3, -0.25) is 9.59 Å². The van der Waals surface area contributed by atoms with E-state index in [9.17, 15) is 9.59 Å². The Kier molecular flexibility index (Phi) is 7.17. The van der Waals surface area contributed by atoms with Crippen molar-refractivity contribution in [3.8, 4) is 5.75 Å². The highest BCUT2D eigenvalue weighted by Gasteiger charge is 2.07. The molecule has 1 aromatic carbocycles. The van der Waals surface area contributed by atoms with Crippen LogP contribution >= 0.6 is 0 Å². The molecule has 5 heteroatoms. The monoisotopic (exact) mass is 279 g/mol. The topological polar surface area (TPSA) is 75.6 Å². The number of para-hydroxylation sites is 1. The number of hydrogen-bond donors (Lipinski definition) is 2. The predicted molar refractivity (Wildman–Crippen MR) is 75.6 cm³/mol. The van der Waals surface area contributed by atoms with Crippen LogP contribution in [0, 0.1) is 0 Å². The lowest BCUT2D eigenvalue weighted by Gasteiger charge is -2.15. The first kappa shape index (κ1) is 16.0. The van der Waals surface area contributed by atoms with Crippen LogP contribution in [-0.2, 0) is 9.59 Å². The summed E-state index contributed by atoms with van der Waals surface area (Å²) in [7, 11) is 0. The zero-order valence-corrected chi connectivity index (χ0v) is 11.7. The Hall–Kier alpha value is -2.04. The lowest BCUT2D eigenvalue weighted by atomic mass is 10.2. The van der Waals surface area contributed by atoms with E-state index < -0.39 is 5.97 Å². The molecule has 0 fully saturated rings. The molecule has 2 N–H and O–H groups in total. The van der Waals surface area contributed by atoms with Crippen LogP contribution in [0.4, 0.5) is 0 Å². The maximum atomic E-state index is 11.5. The molecule has 0 radical (unpaired) electrons. The van der Waals surface area contributed by atoms with E-state index in [2.05, 4.69) is 5.32 Å². The van der Waals surface area contributed by atoms with E-state index in [1.807, 2.05) is 37.3 Å². The molecular formula is C15H21NO4. The molecule has 5 nitrogen and oxygen atoms in total. The molecule has 1 amide bonds. The smallest absolute Gasteiger partial charge is 0.303 e. The minimum absolute atomic E-state index is 0.0705. The van der Waals surface area contributed by atoms with Crippen molar-refractivity contribution >= 4 is 11.9 Å². The largest absolute Gasteiger partial charge is 0.489 e. The van der Waals surface area contributed by atoms with Gasteiger partial charge in [0.2, 0.25) is 5.91 Å². The number of rotatable bonds is 9. The summed E-state index contributed by atoms with van der Waals surface area (Å²) in [4.78, 5) is 21.8. The third-order valence-electron chi connectivity index (χ3n) is 2.71. The highest BCUT2D eigenvalue weighted by atomic mass is 16.5. The maximum Gasteiger partial charge on any atom is 0.303 e. The average molecular weight is 279 g/mol. The number of aliphatic carboxylic acids is 1. The molecule has 0 spiro atoms. The standard InChI is InChI=1S/C15H21NO4/c1-12(20-13-7-3-2-4-8-13)11-16-14(17)9-5-6-10-15(18)19/h2-4,7-8,12H,5-6,9-11H2,1H3,(H,16,17)(H,18,19). The number of carbonyl (C=O) groups is 2. The van der Waals surface area contributed by atoms with Crippen molar-refractivity contribution in [2.24, 2.45) is 0 Å². The van der Waals surface area contributed by atoms with Crippen LogP contribution in [0.15, 0.2) is 30.3 Å². The number of carboxylic acid groups (broad SMARTS) is 1. The Balaban J connectivity index is 2.12. The van der Waals surface area contributed by atoms with Gasteiger partial charge in [-0.1, -0.05) is 18.2 Å². The molecule has 1 unspecified atom stereocenters. The van der Waals surface area contributed by atoms with Crippen molar-refractivity contribution < 1.29 is 19.4 Å². The van der Waals surface area contributed by atoms with E-state index in [1.165, 1.54) is 0 Å². The van der Waals surface area contributed by atoms with Crippen molar-refractivity contribution in [2.45, 2.75) is 38.7 Å². The van der Waals surface area contributed by atoms with Gasteiger partial charge < -0.3 is 15.2 Å². The van der Waals surface area contributed by atoms with E-state index in [0.717, 1.165) is 5.75 Å². The lowest BCUT2D eigenvalue weighted by molar-refractivity contribution is -0.137. The van der Waals surface area contributed by atoms with Gasteiger partial charge in [0.05, 0.1) is 6.54 Å². The zero-order valence-electron chi connectivity index (χ0n) is 11.7. The average Bonchev–Trinajstić information content (AvgIpc) is 2.42. The molecule has 0 aliphatic carbocycles. The van der Waals surface area contributed by atoms with Gasteiger partial charge in [0.1, 0.15) is 11.9 Å². The molecule has 0 bridgehead atoms. The summed E-state index contributed by atoms with van der Waals surface area (Å²) in [6.45, 7) is 2.32. The molecule has 0 saturated heterocycles. The third kappa shape index (κ3) is 7.41. The minimum Gasteiger partial charge on any atom is -0.489 e. The van der Waals surface area contributed by atoms with Crippen molar-refractivity contribution in [3.63, 3.8) is 0 Å². The summed E-state index contributed by atoms with van der Waals surface area (Å²) >= 11 is 0. The molecule has 0 saturated carbocycles. The third-order valence-corrected chi connectivity index (χ3v) is 2.71. The highest BCUT2D eigenvalue weighted by Crippen LogP contribution is 2.10.